The van der Waals surface area contributed by atoms with E-state index in [1.807, 2.05) is 30.3 Å². The van der Waals surface area contributed by atoms with E-state index in [9.17, 15) is 9.90 Å². The van der Waals surface area contributed by atoms with Crippen LogP contribution in [0.15, 0.2) is 30.3 Å². The van der Waals surface area contributed by atoms with Gasteiger partial charge in [-0.1, -0.05) is 30.3 Å². The number of hydrogen-bond acceptors (Lipinski definition) is 4. The average Bonchev–Trinajstić information content (AvgIpc) is 2.45. The van der Waals surface area contributed by atoms with Crippen molar-refractivity contribution in [1.29, 1.82) is 0 Å². The molecular formula is C14H22N2O3. The van der Waals surface area contributed by atoms with Crippen molar-refractivity contribution in [2.24, 2.45) is 5.73 Å². The zero-order chi connectivity index (χ0) is 14.1. The molecule has 0 fully saturated rings. The van der Waals surface area contributed by atoms with Crippen molar-refractivity contribution in [3.05, 3.63) is 35.9 Å². The van der Waals surface area contributed by atoms with Crippen LogP contribution in [0.2, 0.25) is 0 Å². The molecule has 0 spiro atoms. The number of aliphatic hydroxyl groups is 1. The molecule has 0 radical (unpaired) electrons. The lowest BCUT2D eigenvalue weighted by Crippen LogP contribution is -2.42. The maximum atomic E-state index is 11.7. The molecule has 2 unspecified atom stereocenters. The van der Waals surface area contributed by atoms with Crippen LogP contribution in [0.1, 0.15) is 24.5 Å². The lowest BCUT2D eigenvalue weighted by Gasteiger charge is -2.15. The SMILES string of the molecule is COCCCC(N)C(=O)NCC(O)c1ccccc1. The predicted octanol–water partition coefficient (Wildman–Crippen LogP) is 0.590. The van der Waals surface area contributed by atoms with E-state index >= 15 is 0 Å². The number of rotatable bonds is 8. The Balaban J connectivity index is 2.29. The van der Waals surface area contributed by atoms with Crippen LogP contribution in [0.5, 0.6) is 0 Å². The van der Waals surface area contributed by atoms with E-state index in [0.717, 1.165) is 12.0 Å². The minimum Gasteiger partial charge on any atom is -0.387 e. The molecule has 0 bridgehead atoms. The normalized spacial score (nSPS) is 13.8. The molecule has 0 aliphatic carbocycles. The molecule has 106 valence electrons. The van der Waals surface area contributed by atoms with Crippen molar-refractivity contribution in [3.8, 4) is 0 Å². The highest BCUT2D eigenvalue weighted by molar-refractivity contribution is 5.81. The fourth-order valence-corrected chi connectivity index (χ4v) is 1.70. The number of ether oxygens (including phenoxy) is 1. The second kappa shape index (κ2) is 8.63. The Bertz CT molecular complexity index is 370. The number of methoxy groups -OCH3 is 1. The van der Waals surface area contributed by atoms with E-state index in [0.29, 0.717) is 13.0 Å². The van der Waals surface area contributed by atoms with Gasteiger partial charge in [0.05, 0.1) is 12.1 Å². The van der Waals surface area contributed by atoms with Crippen LogP contribution in [-0.4, -0.2) is 37.3 Å². The van der Waals surface area contributed by atoms with Gasteiger partial charge in [0.2, 0.25) is 5.91 Å². The van der Waals surface area contributed by atoms with Gasteiger partial charge in [-0.05, 0) is 18.4 Å². The summed E-state index contributed by atoms with van der Waals surface area (Å²) in [6.07, 6.45) is 0.601. The smallest absolute Gasteiger partial charge is 0.237 e. The molecule has 4 N–H and O–H groups in total. The van der Waals surface area contributed by atoms with Gasteiger partial charge in [-0.25, -0.2) is 0 Å². The second-order valence-electron chi connectivity index (χ2n) is 4.41. The van der Waals surface area contributed by atoms with Crippen molar-refractivity contribution in [3.63, 3.8) is 0 Å². The fraction of sp³-hybridized carbons (Fsp3) is 0.500. The van der Waals surface area contributed by atoms with Crippen molar-refractivity contribution >= 4 is 5.91 Å². The highest BCUT2D eigenvalue weighted by Gasteiger charge is 2.14. The number of amides is 1. The van der Waals surface area contributed by atoms with Crippen molar-refractivity contribution < 1.29 is 14.6 Å². The molecule has 0 saturated carbocycles. The Morgan fingerprint density at radius 1 is 1.42 bits per heavy atom. The third-order valence-corrected chi connectivity index (χ3v) is 2.85. The summed E-state index contributed by atoms with van der Waals surface area (Å²) in [7, 11) is 1.61. The molecule has 0 aliphatic heterocycles. The van der Waals surface area contributed by atoms with Gasteiger partial charge in [0, 0.05) is 20.3 Å². The first-order valence-corrected chi connectivity index (χ1v) is 6.40. The van der Waals surface area contributed by atoms with Gasteiger partial charge in [0.1, 0.15) is 0 Å². The summed E-state index contributed by atoms with van der Waals surface area (Å²) in [4.78, 5) is 11.7. The van der Waals surface area contributed by atoms with E-state index < -0.39 is 12.1 Å². The van der Waals surface area contributed by atoms with Crippen molar-refractivity contribution in [2.75, 3.05) is 20.3 Å². The summed E-state index contributed by atoms with van der Waals surface area (Å²) in [6, 6.07) is 8.64. The average molecular weight is 266 g/mol. The minimum absolute atomic E-state index is 0.167. The molecule has 2 atom stereocenters. The second-order valence-corrected chi connectivity index (χ2v) is 4.41. The maximum absolute atomic E-state index is 11.7. The highest BCUT2D eigenvalue weighted by Crippen LogP contribution is 2.10. The molecule has 1 aromatic rings. The van der Waals surface area contributed by atoms with Crippen LogP contribution in [0.25, 0.3) is 0 Å². The first-order valence-electron chi connectivity index (χ1n) is 6.40. The quantitative estimate of drug-likeness (QED) is 0.601. The van der Waals surface area contributed by atoms with E-state index in [4.69, 9.17) is 10.5 Å². The van der Waals surface area contributed by atoms with E-state index in [1.54, 1.807) is 7.11 Å². The zero-order valence-electron chi connectivity index (χ0n) is 11.2. The van der Waals surface area contributed by atoms with Crippen LogP contribution in [0.4, 0.5) is 0 Å². The van der Waals surface area contributed by atoms with Crippen LogP contribution >= 0.6 is 0 Å². The van der Waals surface area contributed by atoms with Gasteiger partial charge in [-0.3, -0.25) is 4.79 Å². The van der Waals surface area contributed by atoms with Crippen LogP contribution in [-0.2, 0) is 9.53 Å². The number of benzene rings is 1. The molecule has 19 heavy (non-hydrogen) atoms. The number of carbonyl (C=O) groups excluding carboxylic acids is 1. The Morgan fingerprint density at radius 3 is 2.74 bits per heavy atom. The summed E-state index contributed by atoms with van der Waals surface area (Å²) in [6.45, 7) is 0.758. The molecule has 1 rings (SSSR count). The fourth-order valence-electron chi connectivity index (χ4n) is 1.70. The molecule has 0 aromatic heterocycles. The Hall–Kier alpha value is -1.43. The Kier molecular flexibility index (Phi) is 7.10. The molecule has 0 heterocycles. The summed E-state index contributed by atoms with van der Waals surface area (Å²) >= 11 is 0. The van der Waals surface area contributed by atoms with Crippen LogP contribution in [0, 0.1) is 0 Å². The summed E-state index contributed by atoms with van der Waals surface area (Å²) in [5.41, 5.74) is 6.51. The van der Waals surface area contributed by atoms with E-state index in [2.05, 4.69) is 5.32 Å². The summed E-state index contributed by atoms with van der Waals surface area (Å²) in [5.74, 6) is -0.244. The molecule has 1 aromatic carbocycles. The molecule has 0 aliphatic rings. The number of nitrogens with two attached hydrogens (primary N) is 1. The number of hydrogen-bond donors (Lipinski definition) is 3. The lowest BCUT2D eigenvalue weighted by atomic mass is 10.1. The number of carbonyl (C=O) groups is 1. The largest absolute Gasteiger partial charge is 0.387 e. The Morgan fingerprint density at radius 2 is 2.11 bits per heavy atom. The number of nitrogens with one attached hydrogen (secondary N) is 1. The van der Waals surface area contributed by atoms with E-state index in [1.165, 1.54) is 0 Å². The maximum Gasteiger partial charge on any atom is 0.237 e. The monoisotopic (exact) mass is 266 g/mol. The lowest BCUT2D eigenvalue weighted by molar-refractivity contribution is -0.123. The molecule has 1 amide bonds. The van der Waals surface area contributed by atoms with Crippen molar-refractivity contribution in [1.82, 2.24) is 5.32 Å². The first-order chi connectivity index (χ1) is 9.15. The van der Waals surface area contributed by atoms with Crippen LogP contribution < -0.4 is 11.1 Å². The predicted molar refractivity (Wildman–Crippen MR) is 73.5 cm³/mol. The van der Waals surface area contributed by atoms with Gasteiger partial charge in [0.25, 0.3) is 0 Å². The first kappa shape index (κ1) is 15.6. The van der Waals surface area contributed by atoms with Gasteiger partial charge in [-0.15, -0.1) is 0 Å². The third kappa shape index (κ3) is 5.83. The minimum atomic E-state index is -0.712. The summed E-state index contributed by atoms with van der Waals surface area (Å²) in [5, 5.41) is 12.5. The number of aliphatic hydroxyl groups excluding tert-OH is 1. The van der Waals surface area contributed by atoms with Crippen LogP contribution in [0.3, 0.4) is 0 Å². The van der Waals surface area contributed by atoms with Gasteiger partial charge in [-0.2, -0.15) is 0 Å². The van der Waals surface area contributed by atoms with Gasteiger partial charge in [0.15, 0.2) is 0 Å². The Labute approximate surface area is 113 Å². The van der Waals surface area contributed by atoms with E-state index in [-0.39, 0.29) is 12.5 Å². The molecule has 5 heteroatoms. The zero-order valence-corrected chi connectivity index (χ0v) is 11.2. The van der Waals surface area contributed by atoms with Gasteiger partial charge < -0.3 is 20.9 Å². The molecular weight excluding hydrogens is 244 g/mol. The highest BCUT2D eigenvalue weighted by atomic mass is 16.5. The molecule has 0 saturated heterocycles. The summed E-state index contributed by atoms with van der Waals surface area (Å²) < 4.78 is 4.90. The van der Waals surface area contributed by atoms with Crippen molar-refractivity contribution in [2.45, 2.75) is 25.0 Å². The topological polar surface area (TPSA) is 84.6 Å². The third-order valence-electron chi connectivity index (χ3n) is 2.85. The standard InChI is InChI=1S/C14H22N2O3/c1-19-9-5-8-12(15)14(18)16-10-13(17)11-6-3-2-4-7-11/h2-4,6-7,12-13,17H,5,8-10,15H2,1H3,(H,16,18). The van der Waals surface area contributed by atoms with Gasteiger partial charge >= 0.3 is 0 Å². The molecule has 5 nitrogen and oxygen atoms in total.